The Balaban J connectivity index is 1.42. The number of hydrogen-bond acceptors (Lipinski definition) is 5. The van der Waals surface area contributed by atoms with Gasteiger partial charge in [0.15, 0.2) is 5.82 Å². The number of amides is 1. The van der Waals surface area contributed by atoms with Crippen LogP contribution >= 0.6 is 11.6 Å². The van der Waals surface area contributed by atoms with Gasteiger partial charge in [-0.2, -0.15) is 0 Å². The van der Waals surface area contributed by atoms with Crippen LogP contribution in [0.4, 0.5) is 10.2 Å². The van der Waals surface area contributed by atoms with E-state index in [4.69, 9.17) is 16.3 Å². The van der Waals surface area contributed by atoms with E-state index in [2.05, 4.69) is 15.3 Å². The molecule has 6 nitrogen and oxygen atoms in total. The molecule has 2 heterocycles. The van der Waals surface area contributed by atoms with E-state index in [1.54, 1.807) is 18.5 Å². The summed E-state index contributed by atoms with van der Waals surface area (Å²) in [4.78, 5) is 23.6. The minimum Gasteiger partial charge on any atom is -0.436 e. The zero-order valence-electron chi connectivity index (χ0n) is 16.8. The Morgan fingerprint density at radius 1 is 1.19 bits per heavy atom. The number of rotatable bonds is 6. The summed E-state index contributed by atoms with van der Waals surface area (Å²) >= 11 is 6.06. The van der Waals surface area contributed by atoms with Crippen LogP contribution in [-0.4, -0.2) is 29.0 Å². The van der Waals surface area contributed by atoms with E-state index < -0.39 is 5.82 Å². The molecule has 0 spiro atoms. The highest BCUT2D eigenvalue weighted by molar-refractivity contribution is 6.31. The highest BCUT2D eigenvalue weighted by Gasteiger charge is 2.28. The summed E-state index contributed by atoms with van der Waals surface area (Å²) in [5.74, 6) is 1.02. The number of benzene rings is 2. The van der Waals surface area contributed by atoms with Gasteiger partial charge in [0.2, 0.25) is 5.91 Å². The molecule has 1 fully saturated rings. The highest BCUT2D eigenvalue weighted by Crippen LogP contribution is 2.31. The first kappa shape index (κ1) is 21.1. The van der Waals surface area contributed by atoms with Gasteiger partial charge >= 0.3 is 0 Å². The zero-order valence-corrected chi connectivity index (χ0v) is 17.6. The van der Waals surface area contributed by atoms with Crippen LogP contribution in [0.5, 0.6) is 11.6 Å². The van der Waals surface area contributed by atoms with Gasteiger partial charge < -0.3 is 15.0 Å². The molecule has 1 atom stereocenters. The topological polar surface area (TPSA) is 67.4 Å². The van der Waals surface area contributed by atoms with Crippen molar-refractivity contribution in [3.05, 3.63) is 77.3 Å². The second-order valence-electron chi connectivity index (χ2n) is 7.34. The Hall–Kier alpha value is -3.19. The number of nitrogens with zero attached hydrogens (tertiary/aromatic N) is 3. The van der Waals surface area contributed by atoms with Crippen molar-refractivity contribution in [1.82, 2.24) is 15.3 Å². The molecule has 1 saturated heterocycles. The molecule has 2 aromatic carbocycles. The van der Waals surface area contributed by atoms with Crippen LogP contribution in [0.1, 0.15) is 18.4 Å². The average molecular weight is 441 g/mol. The van der Waals surface area contributed by atoms with Gasteiger partial charge in [0, 0.05) is 37.1 Å². The van der Waals surface area contributed by atoms with Crippen LogP contribution < -0.4 is 15.0 Å². The highest BCUT2D eigenvalue weighted by atomic mass is 35.5. The van der Waals surface area contributed by atoms with Gasteiger partial charge in [-0.05, 0) is 42.7 Å². The van der Waals surface area contributed by atoms with Crippen molar-refractivity contribution in [3.63, 3.8) is 0 Å². The Kier molecular flexibility index (Phi) is 6.62. The number of para-hydroxylation sites is 1. The lowest BCUT2D eigenvalue weighted by Crippen LogP contribution is -2.43. The van der Waals surface area contributed by atoms with Gasteiger partial charge in [0.25, 0.3) is 5.88 Å². The van der Waals surface area contributed by atoms with Crippen molar-refractivity contribution < 1.29 is 13.9 Å². The summed E-state index contributed by atoms with van der Waals surface area (Å²) in [5.41, 5.74) is 0.677. The lowest BCUT2D eigenvalue weighted by Gasteiger charge is -2.33. The number of carbonyl (C=O) groups excluding carboxylic acids is 1. The lowest BCUT2D eigenvalue weighted by atomic mass is 9.97. The van der Waals surface area contributed by atoms with Gasteiger partial charge in [0.1, 0.15) is 11.6 Å². The number of hydrogen-bond donors (Lipinski definition) is 1. The fourth-order valence-electron chi connectivity index (χ4n) is 3.58. The van der Waals surface area contributed by atoms with Crippen LogP contribution in [0.2, 0.25) is 5.02 Å². The summed E-state index contributed by atoms with van der Waals surface area (Å²) in [6.45, 7) is 1.52. The van der Waals surface area contributed by atoms with E-state index in [0.29, 0.717) is 34.6 Å². The quantitative estimate of drug-likeness (QED) is 0.607. The number of piperidine rings is 1. The molecule has 0 unspecified atom stereocenters. The van der Waals surface area contributed by atoms with E-state index >= 15 is 0 Å². The lowest BCUT2D eigenvalue weighted by molar-refractivity contribution is -0.125. The minimum atomic E-state index is -0.402. The van der Waals surface area contributed by atoms with Crippen LogP contribution in [0.3, 0.4) is 0 Å². The standard InChI is InChI=1S/C23H22ClFN4O2/c24-20-13-18(25)9-8-16(20)14-28-22(30)17-5-4-12-29(15-17)21-23(27-11-10-26-21)31-19-6-2-1-3-7-19/h1-3,6-11,13,17H,4-5,12,14-15H2,(H,28,30)/t17-/m1/s1. The first-order valence-corrected chi connectivity index (χ1v) is 10.5. The van der Waals surface area contributed by atoms with E-state index in [0.717, 1.165) is 19.4 Å². The summed E-state index contributed by atoms with van der Waals surface area (Å²) in [6.07, 6.45) is 4.82. The smallest absolute Gasteiger partial charge is 0.263 e. The monoisotopic (exact) mass is 440 g/mol. The maximum atomic E-state index is 13.2. The Bertz CT molecular complexity index is 1050. The molecular weight excluding hydrogens is 419 g/mol. The number of halogens is 2. The average Bonchev–Trinajstić information content (AvgIpc) is 2.79. The largest absolute Gasteiger partial charge is 0.436 e. The third-order valence-electron chi connectivity index (χ3n) is 5.16. The molecule has 1 aromatic heterocycles. The molecule has 0 aliphatic carbocycles. The number of nitrogens with one attached hydrogen (secondary N) is 1. The van der Waals surface area contributed by atoms with Crippen molar-refractivity contribution >= 4 is 23.3 Å². The molecular formula is C23H22ClFN4O2. The first-order chi connectivity index (χ1) is 15.1. The molecule has 0 bridgehead atoms. The number of ether oxygens (including phenoxy) is 1. The molecule has 160 valence electrons. The Morgan fingerprint density at radius 3 is 2.81 bits per heavy atom. The van der Waals surface area contributed by atoms with Crippen LogP contribution in [-0.2, 0) is 11.3 Å². The first-order valence-electron chi connectivity index (χ1n) is 10.1. The Morgan fingerprint density at radius 2 is 2.00 bits per heavy atom. The molecule has 0 saturated carbocycles. The normalized spacial score (nSPS) is 16.1. The maximum absolute atomic E-state index is 13.2. The molecule has 1 amide bonds. The minimum absolute atomic E-state index is 0.0699. The van der Waals surface area contributed by atoms with Crippen LogP contribution in [0, 0.1) is 11.7 Å². The van der Waals surface area contributed by atoms with E-state index in [1.165, 1.54) is 12.1 Å². The van der Waals surface area contributed by atoms with Gasteiger partial charge in [-0.1, -0.05) is 35.9 Å². The molecule has 1 aliphatic heterocycles. The predicted molar refractivity (Wildman–Crippen MR) is 117 cm³/mol. The summed E-state index contributed by atoms with van der Waals surface area (Å²) in [7, 11) is 0. The van der Waals surface area contributed by atoms with Gasteiger partial charge in [0.05, 0.1) is 5.92 Å². The van der Waals surface area contributed by atoms with Crippen molar-refractivity contribution in [2.75, 3.05) is 18.0 Å². The van der Waals surface area contributed by atoms with Crippen molar-refractivity contribution in [2.45, 2.75) is 19.4 Å². The summed E-state index contributed by atoms with van der Waals surface area (Å²) in [5, 5.41) is 3.21. The van der Waals surface area contributed by atoms with Crippen LogP contribution in [0.15, 0.2) is 60.9 Å². The molecule has 0 radical (unpaired) electrons. The second kappa shape index (κ2) is 9.75. The van der Waals surface area contributed by atoms with E-state index in [9.17, 15) is 9.18 Å². The molecule has 3 aromatic rings. The SMILES string of the molecule is O=C(NCc1ccc(F)cc1Cl)[C@@H]1CCCN(c2nccnc2Oc2ccccc2)C1. The molecule has 4 rings (SSSR count). The van der Waals surface area contributed by atoms with Crippen LogP contribution in [0.25, 0.3) is 0 Å². The summed E-state index contributed by atoms with van der Waals surface area (Å²) < 4.78 is 19.1. The number of carbonyl (C=O) groups is 1. The second-order valence-corrected chi connectivity index (χ2v) is 7.75. The fraction of sp³-hybridized carbons (Fsp3) is 0.261. The maximum Gasteiger partial charge on any atom is 0.263 e. The molecule has 1 aliphatic rings. The van der Waals surface area contributed by atoms with Gasteiger partial charge in [-0.3, -0.25) is 4.79 Å². The number of aromatic nitrogens is 2. The van der Waals surface area contributed by atoms with E-state index in [1.807, 2.05) is 35.2 Å². The van der Waals surface area contributed by atoms with Crippen molar-refractivity contribution in [1.29, 1.82) is 0 Å². The number of anilines is 1. The predicted octanol–water partition coefficient (Wildman–Crippen LogP) is 4.59. The van der Waals surface area contributed by atoms with Gasteiger partial charge in [-0.25, -0.2) is 14.4 Å². The third kappa shape index (κ3) is 5.30. The van der Waals surface area contributed by atoms with Gasteiger partial charge in [-0.15, -0.1) is 0 Å². The third-order valence-corrected chi connectivity index (χ3v) is 5.52. The van der Waals surface area contributed by atoms with Crippen molar-refractivity contribution in [2.24, 2.45) is 5.92 Å². The fourth-order valence-corrected chi connectivity index (χ4v) is 3.82. The van der Waals surface area contributed by atoms with E-state index in [-0.39, 0.29) is 18.4 Å². The summed E-state index contributed by atoms with van der Waals surface area (Å²) in [6, 6.07) is 13.6. The van der Waals surface area contributed by atoms with Crippen molar-refractivity contribution in [3.8, 4) is 11.6 Å². The molecule has 31 heavy (non-hydrogen) atoms. The molecule has 1 N–H and O–H groups in total. The Labute approximate surface area is 185 Å². The zero-order chi connectivity index (χ0) is 21.6. The molecule has 8 heteroatoms.